The first-order chi connectivity index (χ1) is 9.11. The number of aliphatic hydroxyl groups excluding tert-OH is 1. The lowest BCUT2D eigenvalue weighted by Gasteiger charge is -2.15. The molecule has 0 aliphatic carbocycles. The summed E-state index contributed by atoms with van der Waals surface area (Å²) in [7, 11) is 1.69. The van der Waals surface area contributed by atoms with Crippen molar-refractivity contribution in [2.75, 3.05) is 33.4 Å². The number of rotatable bonds is 9. The second-order valence-electron chi connectivity index (χ2n) is 4.64. The van der Waals surface area contributed by atoms with Crippen LogP contribution in [0, 0.1) is 5.92 Å². The Kier molecular flexibility index (Phi) is 7.82. The van der Waals surface area contributed by atoms with Crippen LogP contribution in [0.15, 0.2) is 24.3 Å². The van der Waals surface area contributed by atoms with E-state index in [-0.39, 0.29) is 6.61 Å². The van der Waals surface area contributed by atoms with Crippen molar-refractivity contribution in [3.8, 4) is 5.75 Å². The van der Waals surface area contributed by atoms with Crippen molar-refractivity contribution in [1.29, 1.82) is 0 Å². The van der Waals surface area contributed by atoms with Crippen LogP contribution >= 0.6 is 11.6 Å². The van der Waals surface area contributed by atoms with E-state index in [1.807, 2.05) is 0 Å². The second kappa shape index (κ2) is 9.15. The maximum Gasteiger partial charge on any atom is 0.119 e. The number of benzene rings is 1. The zero-order valence-corrected chi connectivity index (χ0v) is 12.2. The predicted molar refractivity (Wildman–Crippen MR) is 76.9 cm³/mol. The zero-order chi connectivity index (χ0) is 14.1. The van der Waals surface area contributed by atoms with Gasteiger partial charge in [-0.3, -0.25) is 0 Å². The third kappa shape index (κ3) is 7.38. The van der Waals surface area contributed by atoms with E-state index < -0.39 is 6.10 Å². The van der Waals surface area contributed by atoms with Crippen molar-refractivity contribution < 1.29 is 14.6 Å². The lowest BCUT2D eigenvalue weighted by molar-refractivity contribution is 0.102. The van der Waals surface area contributed by atoms with Gasteiger partial charge in [-0.1, -0.05) is 18.5 Å². The average molecular weight is 288 g/mol. The molecule has 1 rings (SSSR count). The summed E-state index contributed by atoms with van der Waals surface area (Å²) in [6, 6.07) is 7.08. The molecule has 0 aliphatic rings. The van der Waals surface area contributed by atoms with Gasteiger partial charge in [-0.05, 0) is 36.7 Å². The van der Waals surface area contributed by atoms with Crippen LogP contribution in [0.2, 0.25) is 5.02 Å². The second-order valence-corrected chi connectivity index (χ2v) is 5.07. The van der Waals surface area contributed by atoms with Crippen LogP contribution < -0.4 is 10.1 Å². The number of aliphatic hydroxyl groups is 1. The highest BCUT2D eigenvalue weighted by Gasteiger charge is 2.06. The van der Waals surface area contributed by atoms with Gasteiger partial charge in [0.25, 0.3) is 0 Å². The molecule has 0 radical (unpaired) electrons. The van der Waals surface area contributed by atoms with Gasteiger partial charge < -0.3 is 19.9 Å². The molecule has 4 nitrogen and oxygen atoms in total. The minimum absolute atomic E-state index is 0.257. The number of hydrogen-bond donors (Lipinski definition) is 2. The molecule has 0 aromatic heterocycles. The molecule has 0 heterocycles. The van der Waals surface area contributed by atoms with Crippen LogP contribution in [-0.2, 0) is 4.74 Å². The quantitative estimate of drug-likeness (QED) is 0.729. The number of methoxy groups -OCH3 is 1. The molecule has 2 N–H and O–H groups in total. The van der Waals surface area contributed by atoms with E-state index in [0.29, 0.717) is 29.8 Å². The number of nitrogens with one attached hydrogen (secondary N) is 1. The van der Waals surface area contributed by atoms with E-state index in [1.165, 1.54) is 0 Å². The molecule has 5 heteroatoms. The van der Waals surface area contributed by atoms with Gasteiger partial charge in [0.1, 0.15) is 18.5 Å². The smallest absolute Gasteiger partial charge is 0.119 e. The molecule has 108 valence electrons. The maximum atomic E-state index is 9.76. The van der Waals surface area contributed by atoms with E-state index in [9.17, 15) is 5.11 Å². The molecule has 0 spiro atoms. The van der Waals surface area contributed by atoms with Gasteiger partial charge in [0.15, 0.2) is 0 Å². The van der Waals surface area contributed by atoms with Crippen LogP contribution in [0.3, 0.4) is 0 Å². The van der Waals surface area contributed by atoms with E-state index in [0.717, 1.165) is 6.54 Å². The van der Waals surface area contributed by atoms with Crippen molar-refractivity contribution in [1.82, 2.24) is 5.32 Å². The molecule has 19 heavy (non-hydrogen) atoms. The zero-order valence-electron chi connectivity index (χ0n) is 11.4. The first-order valence-electron chi connectivity index (χ1n) is 6.38. The first-order valence-corrected chi connectivity index (χ1v) is 6.75. The van der Waals surface area contributed by atoms with E-state index >= 15 is 0 Å². The summed E-state index contributed by atoms with van der Waals surface area (Å²) in [6.45, 7) is 4.37. The molecular formula is C14H22ClNO3. The topological polar surface area (TPSA) is 50.7 Å². The Balaban J connectivity index is 2.14. The van der Waals surface area contributed by atoms with Gasteiger partial charge in [-0.15, -0.1) is 0 Å². The Bertz CT molecular complexity index is 345. The minimum Gasteiger partial charge on any atom is -0.491 e. The molecule has 2 unspecified atom stereocenters. The normalized spacial score (nSPS) is 14.1. The van der Waals surface area contributed by atoms with Crippen molar-refractivity contribution in [3.05, 3.63) is 29.3 Å². The van der Waals surface area contributed by atoms with Gasteiger partial charge in [0, 0.05) is 25.3 Å². The van der Waals surface area contributed by atoms with E-state index in [4.69, 9.17) is 21.1 Å². The van der Waals surface area contributed by atoms with E-state index in [2.05, 4.69) is 12.2 Å². The monoisotopic (exact) mass is 287 g/mol. The lowest BCUT2D eigenvalue weighted by atomic mass is 10.2. The highest BCUT2D eigenvalue weighted by Crippen LogP contribution is 2.15. The Labute approximate surface area is 119 Å². The minimum atomic E-state index is -0.537. The summed E-state index contributed by atoms with van der Waals surface area (Å²) in [5.74, 6) is 1.13. The van der Waals surface area contributed by atoms with Crippen LogP contribution in [0.4, 0.5) is 0 Å². The Morgan fingerprint density at radius 1 is 1.21 bits per heavy atom. The highest BCUT2D eigenvalue weighted by atomic mass is 35.5. The van der Waals surface area contributed by atoms with Crippen molar-refractivity contribution in [3.63, 3.8) is 0 Å². The molecule has 0 aliphatic heterocycles. The fourth-order valence-electron chi connectivity index (χ4n) is 1.62. The Morgan fingerprint density at radius 3 is 2.53 bits per heavy atom. The molecule has 2 atom stereocenters. The van der Waals surface area contributed by atoms with E-state index in [1.54, 1.807) is 31.4 Å². The van der Waals surface area contributed by atoms with Gasteiger partial charge in [-0.2, -0.15) is 0 Å². The molecule has 1 aromatic carbocycles. The summed E-state index contributed by atoms with van der Waals surface area (Å²) in [6.07, 6.45) is -0.537. The average Bonchev–Trinajstić information content (AvgIpc) is 2.38. The standard InChI is InChI=1S/C14H22ClNO3/c1-11(9-18-2)7-16-8-13(17)10-19-14-5-3-12(15)4-6-14/h3-6,11,13,16-17H,7-10H2,1-2H3. The van der Waals surface area contributed by atoms with Crippen LogP contribution in [0.25, 0.3) is 0 Å². The summed E-state index contributed by atoms with van der Waals surface area (Å²) in [4.78, 5) is 0. The lowest BCUT2D eigenvalue weighted by Crippen LogP contribution is -2.34. The highest BCUT2D eigenvalue weighted by molar-refractivity contribution is 6.30. The third-order valence-corrected chi connectivity index (χ3v) is 2.83. The van der Waals surface area contributed by atoms with Gasteiger partial charge in [0.2, 0.25) is 0 Å². The number of halogens is 1. The van der Waals surface area contributed by atoms with Crippen molar-refractivity contribution in [2.45, 2.75) is 13.0 Å². The number of hydrogen-bond acceptors (Lipinski definition) is 4. The first kappa shape index (κ1) is 16.2. The summed E-state index contributed by atoms with van der Waals surface area (Å²) < 4.78 is 10.5. The largest absolute Gasteiger partial charge is 0.491 e. The molecular weight excluding hydrogens is 266 g/mol. The molecule has 0 saturated carbocycles. The Morgan fingerprint density at radius 2 is 1.89 bits per heavy atom. The van der Waals surface area contributed by atoms with Crippen LogP contribution in [0.1, 0.15) is 6.92 Å². The maximum absolute atomic E-state index is 9.76. The van der Waals surface area contributed by atoms with Gasteiger partial charge in [0.05, 0.1) is 0 Å². The summed E-state index contributed by atoms with van der Waals surface area (Å²) in [5.41, 5.74) is 0. The van der Waals surface area contributed by atoms with Crippen LogP contribution in [0.5, 0.6) is 5.75 Å². The molecule has 0 fully saturated rings. The predicted octanol–water partition coefficient (Wildman–Crippen LogP) is 1.95. The SMILES string of the molecule is COCC(C)CNCC(O)COc1ccc(Cl)cc1. The third-order valence-electron chi connectivity index (χ3n) is 2.58. The molecule has 0 amide bonds. The molecule has 0 saturated heterocycles. The van der Waals surface area contributed by atoms with Crippen molar-refractivity contribution in [2.24, 2.45) is 5.92 Å². The van der Waals surface area contributed by atoms with Gasteiger partial charge in [-0.25, -0.2) is 0 Å². The van der Waals surface area contributed by atoms with Crippen LogP contribution in [-0.4, -0.2) is 44.6 Å². The molecule has 0 bridgehead atoms. The fourth-order valence-corrected chi connectivity index (χ4v) is 1.75. The van der Waals surface area contributed by atoms with Crippen molar-refractivity contribution >= 4 is 11.6 Å². The summed E-state index contributed by atoms with van der Waals surface area (Å²) in [5, 5.41) is 13.6. The Hall–Kier alpha value is -0.810. The van der Waals surface area contributed by atoms with Gasteiger partial charge >= 0.3 is 0 Å². The number of ether oxygens (including phenoxy) is 2. The summed E-state index contributed by atoms with van der Waals surface area (Å²) >= 11 is 5.77. The fraction of sp³-hybridized carbons (Fsp3) is 0.571. The molecule has 1 aromatic rings.